The van der Waals surface area contributed by atoms with E-state index in [-0.39, 0.29) is 36.5 Å². The molecule has 142 valence electrons. The molecule has 0 radical (unpaired) electrons. The van der Waals surface area contributed by atoms with Crippen molar-refractivity contribution in [1.29, 1.82) is 0 Å². The van der Waals surface area contributed by atoms with Gasteiger partial charge in [0.15, 0.2) is 0 Å². The molecule has 0 unspecified atom stereocenters. The number of halogens is 2. The predicted octanol–water partition coefficient (Wildman–Crippen LogP) is 3.99. The van der Waals surface area contributed by atoms with Crippen molar-refractivity contribution in [2.45, 2.75) is 18.5 Å². The first-order valence-corrected chi connectivity index (χ1v) is 9.75. The third-order valence-corrected chi connectivity index (χ3v) is 6.16. The summed E-state index contributed by atoms with van der Waals surface area (Å²) in [5.74, 6) is -0.185. The SMILES string of the molecule is CN1c2ccc(Br)cc2[C@H]2[C@H](CCN2C(=O)Nc2ccc(F)cc2)[C@@H]1CO. The van der Waals surface area contributed by atoms with Crippen LogP contribution in [0.5, 0.6) is 0 Å². The van der Waals surface area contributed by atoms with Crippen LogP contribution in [-0.2, 0) is 0 Å². The van der Waals surface area contributed by atoms with Crippen molar-refractivity contribution >= 4 is 33.3 Å². The maximum Gasteiger partial charge on any atom is 0.322 e. The number of nitrogens with zero attached hydrogens (tertiary/aromatic N) is 2. The van der Waals surface area contributed by atoms with E-state index in [9.17, 15) is 14.3 Å². The van der Waals surface area contributed by atoms with E-state index >= 15 is 0 Å². The summed E-state index contributed by atoms with van der Waals surface area (Å²) in [6.45, 7) is 0.652. The second-order valence-corrected chi connectivity index (χ2v) is 8.01. The fourth-order valence-electron chi connectivity index (χ4n) is 4.38. The van der Waals surface area contributed by atoms with E-state index in [1.807, 2.05) is 24.1 Å². The predicted molar refractivity (Wildman–Crippen MR) is 106 cm³/mol. The first-order valence-electron chi connectivity index (χ1n) is 8.96. The number of likely N-dealkylation sites (tertiary alicyclic amines) is 1. The molecule has 5 nitrogen and oxygen atoms in total. The summed E-state index contributed by atoms with van der Waals surface area (Å²) in [5.41, 5.74) is 2.67. The second-order valence-electron chi connectivity index (χ2n) is 7.09. The molecular weight excluding hydrogens is 413 g/mol. The van der Waals surface area contributed by atoms with Crippen LogP contribution < -0.4 is 10.2 Å². The Morgan fingerprint density at radius 1 is 1.30 bits per heavy atom. The molecule has 1 saturated heterocycles. The van der Waals surface area contributed by atoms with Crippen LogP contribution in [0.1, 0.15) is 18.0 Å². The molecular formula is C20H21BrFN3O2. The summed E-state index contributed by atoms with van der Waals surface area (Å²) in [6, 6.07) is 11.5. The lowest BCUT2D eigenvalue weighted by Gasteiger charge is -2.44. The van der Waals surface area contributed by atoms with E-state index in [1.54, 1.807) is 12.1 Å². The average molecular weight is 434 g/mol. The molecule has 2 aliphatic rings. The molecule has 2 aromatic rings. The lowest BCUT2D eigenvalue weighted by Crippen LogP contribution is -2.48. The largest absolute Gasteiger partial charge is 0.394 e. The molecule has 3 atom stereocenters. The zero-order valence-electron chi connectivity index (χ0n) is 14.9. The number of aliphatic hydroxyl groups excluding tert-OH is 1. The highest BCUT2D eigenvalue weighted by molar-refractivity contribution is 9.10. The van der Waals surface area contributed by atoms with Gasteiger partial charge in [0.2, 0.25) is 0 Å². The third kappa shape index (κ3) is 3.19. The highest BCUT2D eigenvalue weighted by Crippen LogP contribution is 2.49. The minimum Gasteiger partial charge on any atom is -0.394 e. The van der Waals surface area contributed by atoms with Crippen LogP contribution in [0.2, 0.25) is 0 Å². The maximum absolute atomic E-state index is 13.1. The molecule has 0 saturated carbocycles. The molecule has 2 aromatic carbocycles. The molecule has 0 aliphatic carbocycles. The van der Waals surface area contributed by atoms with Gasteiger partial charge in [-0.3, -0.25) is 0 Å². The number of carbonyl (C=O) groups is 1. The number of carbonyl (C=O) groups excluding carboxylic acids is 1. The number of urea groups is 1. The number of anilines is 2. The third-order valence-electron chi connectivity index (χ3n) is 5.67. The summed E-state index contributed by atoms with van der Waals surface area (Å²) in [5, 5.41) is 12.8. The van der Waals surface area contributed by atoms with Gasteiger partial charge in [-0.05, 0) is 54.4 Å². The summed E-state index contributed by atoms with van der Waals surface area (Å²) in [6.07, 6.45) is 0.822. The molecule has 0 aromatic heterocycles. The molecule has 0 bridgehead atoms. The minimum atomic E-state index is -0.339. The number of rotatable bonds is 2. The summed E-state index contributed by atoms with van der Waals surface area (Å²) < 4.78 is 14.1. The fraction of sp³-hybridized carbons (Fsp3) is 0.350. The molecule has 2 amide bonds. The molecule has 2 aliphatic heterocycles. The number of benzene rings is 2. The van der Waals surface area contributed by atoms with Crippen LogP contribution >= 0.6 is 15.9 Å². The van der Waals surface area contributed by atoms with Crippen molar-refractivity contribution in [1.82, 2.24) is 4.90 Å². The van der Waals surface area contributed by atoms with Crippen molar-refractivity contribution < 1.29 is 14.3 Å². The summed E-state index contributed by atoms with van der Waals surface area (Å²) in [4.78, 5) is 16.9. The van der Waals surface area contributed by atoms with E-state index in [4.69, 9.17) is 0 Å². The highest BCUT2D eigenvalue weighted by Gasteiger charge is 2.47. The zero-order valence-corrected chi connectivity index (χ0v) is 16.5. The Morgan fingerprint density at radius 3 is 2.74 bits per heavy atom. The Hall–Kier alpha value is -2.12. The Balaban J connectivity index is 1.67. The van der Waals surface area contributed by atoms with Crippen LogP contribution in [0, 0.1) is 11.7 Å². The van der Waals surface area contributed by atoms with Crippen LogP contribution in [0.25, 0.3) is 0 Å². The van der Waals surface area contributed by atoms with Crippen LogP contribution in [0.4, 0.5) is 20.6 Å². The quantitative estimate of drug-likeness (QED) is 0.752. The van der Waals surface area contributed by atoms with Crippen molar-refractivity contribution in [3.8, 4) is 0 Å². The van der Waals surface area contributed by atoms with Gasteiger partial charge in [-0.2, -0.15) is 0 Å². The molecule has 2 N–H and O–H groups in total. The van der Waals surface area contributed by atoms with Crippen LogP contribution in [0.3, 0.4) is 0 Å². The molecule has 7 heteroatoms. The Kier molecular flexibility index (Phi) is 4.82. The Morgan fingerprint density at radius 2 is 2.04 bits per heavy atom. The monoisotopic (exact) mass is 433 g/mol. The lowest BCUT2D eigenvalue weighted by atomic mass is 9.82. The topological polar surface area (TPSA) is 55.8 Å². The molecule has 27 heavy (non-hydrogen) atoms. The van der Waals surface area contributed by atoms with Gasteiger partial charge in [0.1, 0.15) is 5.82 Å². The van der Waals surface area contributed by atoms with E-state index in [1.165, 1.54) is 12.1 Å². The Bertz CT molecular complexity index is 861. The fourth-order valence-corrected chi connectivity index (χ4v) is 4.76. The van der Waals surface area contributed by atoms with Crippen LogP contribution in [-0.4, -0.2) is 42.3 Å². The van der Waals surface area contributed by atoms with E-state index in [2.05, 4.69) is 32.2 Å². The number of nitrogens with one attached hydrogen (secondary N) is 1. The standard InChI is InChI=1S/C20H21BrFN3O2/c1-24-17-7-2-12(21)10-16(17)19-15(18(24)11-26)8-9-25(19)20(27)23-14-5-3-13(22)4-6-14/h2-7,10,15,18-19,26H,8-9,11H2,1H3,(H,23,27)/t15-,18+,19-/m1/s1. The smallest absolute Gasteiger partial charge is 0.322 e. The van der Waals surface area contributed by atoms with Crippen molar-refractivity contribution in [2.75, 3.05) is 30.4 Å². The summed E-state index contributed by atoms with van der Waals surface area (Å²) in [7, 11) is 1.99. The van der Waals surface area contributed by atoms with Gasteiger partial charge < -0.3 is 20.2 Å². The lowest BCUT2D eigenvalue weighted by molar-refractivity contribution is 0.168. The number of likely N-dealkylation sites (N-methyl/N-ethyl adjacent to an activating group) is 1. The van der Waals surface area contributed by atoms with Gasteiger partial charge in [0, 0.05) is 35.4 Å². The first kappa shape index (κ1) is 18.3. The molecule has 0 spiro atoms. The number of aliphatic hydroxyl groups is 1. The number of amides is 2. The van der Waals surface area contributed by atoms with Gasteiger partial charge in [0.25, 0.3) is 0 Å². The highest BCUT2D eigenvalue weighted by atomic mass is 79.9. The van der Waals surface area contributed by atoms with Gasteiger partial charge in [-0.1, -0.05) is 15.9 Å². The zero-order chi connectivity index (χ0) is 19.1. The van der Waals surface area contributed by atoms with Crippen LogP contribution in [0.15, 0.2) is 46.9 Å². The van der Waals surface area contributed by atoms with Gasteiger partial charge >= 0.3 is 6.03 Å². The second kappa shape index (κ2) is 7.13. The van der Waals surface area contributed by atoms with Crippen molar-refractivity contribution in [2.24, 2.45) is 5.92 Å². The summed E-state index contributed by atoms with van der Waals surface area (Å²) >= 11 is 3.53. The minimum absolute atomic E-state index is 0.0349. The van der Waals surface area contributed by atoms with Crippen molar-refractivity contribution in [3.05, 3.63) is 58.3 Å². The number of fused-ring (bicyclic) bond motifs is 3. The maximum atomic E-state index is 13.1. The van der Waals surface area contributed by atoms with E-state index in [0.717, 1.165) is 22.1 Å². The average Bonchev–Trinajstić information content (AvgIpc) is 3.09. The first-order chi connectivity index (χ1) is 13.0. The van der Waals surface area contributed by atoms with E-state index in [0.29, 0.717) is 12.2 Å². The number of hydrogen-bond donors (Lipinski definition) is 2. The normalized spacial score (nSPS) is 23.8. The van der Waals surface area contributed by atoms with Crippen molar-refractivity contribution in [3.63, 3.8) is 0 Å². The van der Waals surface area contributed by atoms with E-state index < -0.39 is 0 Å². The number of hydrogen-bond acceptors (Lipinski definition) is 3. The molecule has 2 heterocycles. The molecule has 1 fully saturated rings. The van der Waals surface area contributed by atoms with Gasteiger partial charge in [-0.15, -0.1) is 0 Å². The van der Waals surface area contributed by atoms with Gasteiger partial charge in [0.05, 0.1) is 18.7 Å². The van der Waals surface area contributed by atoms with Gasteiger partial charge in [-0.25, -0.2) is 9.18 Å². The Labute approximate surface area is 165 Å². The molecule has 4 rings (SSSR count).